The predicted octanol–water partition coefficient (Wildman–Crippen LogP) is 3.08. The van der Waals surface area contributed by atoms with E-state index in [-0.39, 0.29) is 5.91 Å². The summed E-state index contributed by atoms with van der Waals surface area (Å²) in [5.74, 6) is 1.14. The zero-order valence-electron chi connectivity index (χ0n) is 11.6. The number of anilines is 1. The molecule has 21 heavy (non-hydrogen) atoms. The Balaban J connectivity index is 1.57. The molecule has 0 radical (unpaired) electrons. The Kier molecular flexibility index (Phi) is 3.96. The summed E-state index contributed by atoms with van der Waals surface area (Å²) in [6.45, 7) is 0. The molecule has 0 saturated heterocycles. The van der Waals surface area contributed by atoms with Crippen molar-refractivity contribution in [3.05, 3.63) is 40.9 Å². The summed E-state index contributed by atoms with van der Waals surface area (Å²) >= 11 is 1.45. The van der Waals surface area contributed by atoms with E-state index in [1.165, 1.54) is 30.3 Å². The molecular weight excluding hydrogens is 286 g/mol. The summed E-state index contributed by atoms with van der Waals surface area (Å²) in [6, 6.07) is 7.48. The fourth-order valence-electron chi connectivity index (χ4n) is 1.81. The van der Waals surface area contributed by atoms with Crippen LogP contribution in [0.4, 0.5) is 5.13 Å². The van der Waals surface area contributed by atoms with Crippen molar-refractivity contribution in [2.45, 2.75) is 18.8 Å². The number of benzene rings is 1. The normalized spacial score (nSPS) is 14.3. The molecule has 0 spiro atoms. The van der Waals surface area contributed by atoms with Gasteiger partial charge in [0.1, 0.15) is 10.8 Å². The van der Waals surface area contributed by atoms with Gasteiger partial charge in [-0.3, -0.25) is 10.1 Å². The minimum absolute atomic E-state index is 0.204. The minimum Gasteiger partial charge on any atom is -0.497 e. The van der Waals surface area contributed by atoms with Crippen molar-refractivity contribution in [3.8, 4) is 5.75 Å². The van der Waals surface area contributed by atoms with Crippen LogP contribution in [0.1, 0.15) is 29.3 Å². The fourth-order valence-corrected chi connectivity index (χ4v) is 2.73. The number of ether oxygens (including phenoxy) is 1. The van der Waals surface area contributed by atoms with Crippen LogP contribution in [-0.2, 0) is 4.79 Å². The Bertz CT molecular complexity index is 660. The van der Waals surface area contributed by atoms with Gasteiger partial charge in [0.15, 0.2) is 0 Å². The molecule has 6 heteroatoms. The van der Waals surface area contributed by atoms with Gasteiger partial charge in [-0.25, -0.2) is 0 Å². The van der Waals surface area contributed by atoms with Crippen LogP contribution in [0.5, 0.6) is 5.75 Å². The average Bonchev–Trinajstić information content (AvgIpc) is 3.26. The van der Waals surface area contributed by atoms with E-state index in [0.29, 0.717) is 11.0 Å². The van der Waals surface area contributed by atoms with Crippen LogP contribution in [0.15, 0.2) is 30.3 Å². The Labute approximate surface area is 126 Å². The number of carbonyl (C=O) groups excluding carboxylic acids is 1. The van der Waals surface area contributed by atoms with Crippen LogP contribution >= 0.6 is 11.3 Å². The van der Waals surface area contributed by atoms with E-state index in [1.807, 2.05) is 24.3 Å². The molecule has 0 unspecified atom stereocenters. The molecule has 0 atom stereocenters. The third-order valence-electron chi connectivity index (χ3n) is 3.14. The van der Waals surface area contributed by atoms with Crippen LogP contribution in [-0.4, -0.2) is 23.2 Å². The lowest BCUT2D eigenvalue weighted by Gasteiger charge is -1.99. The molecule has 1 heterocycles. The van der Waals surface area contributed by atoms with Crippen molar-refractivity contribution in [1.29, 1.82) is 0 Å². The zero-order chi connectivity index (χ0) is 14.7. The Morgan fingerprint density at radius 3 is 2.76 bits per heavy atom. The van der Waals surface area contributed by atoms with E-state index < -0.39 is 0 Å². The minimum atomic E-state index is -0.204. The first kappa shape index (κ1) is 13.8. The van der Waals surface area contributed by atoms with E-state index in [4.69, 9.17) is 4.74 Å². The summed E-state index contributed by atoms with van der Waals surface area (Å²) in [5, 5.41) is 12.4. The molecule has 3 rings (SSSR count). The first-order valence-electron chi connectivity index (χ1n) is 6.71. The Hall–Kier alpha value is -2.21. The van der Waals surface area contributed by atoms with Crippen LogP contribution in [0.2, 0.25) is 0 Å². The molecule has 1 N–H and O–H groups in total. The molecule has 1 fully saturated rings. The molecule has 1 aromatic carbocycles. The first-order valence-corrected chi connectivity index (χ1v) is 7.53. The number of hydrogen-bond acceptors (Lipinski definition) is 5. The molecule has 1 amide bonds. The molecular formula is C15H15N3O2S. The number of rotatable bonds is 5. The van der Waals surface area contributed by atoms with Gasteiger partial charge in [-0.05, 0) is 36.6 Å². The fraction of sp³-hybridized carbons (Fsp3) is 0.267. The summed E-state index contributed by atoms with van der Waals surface area (Å²) < 4.78 is 5.08. The van der Waals surface area contributed by atoms with Crippen LogP contribution in [0.25, 0.3) is 6.08 Å². The number of aromatic nitrogens is 2. The highest BCUT2D eigenvalue weighted by Crippen LogP contribution is 2.41. The van der Waals surface area contributed by atoms with Crippen molar-refractivity contribution < 1.29 is 9.53 Å². The summed E-state index contributed by atoms with van der Waals surface area (Å²) in [6.07, 6.45) is 5.59. The molecule has 0 aliphatic heterocycles. The number of nitrogens with zero attached hydrogens (tertiary/aromatic N) is 2. The third-order valence-corrected chi connectivity index (χ3v) is 4.14. The van der Waals surface area contributed by atoms with Gasteiger partial charge in [0.05, 0.1) is 7.11 Å². The van der Waals surface area contributed by atoms with E-state index in [0.717, 1.165) is 16.3 Å². The van der Waals surface area contributed by atoms with Crippen molar-refractivity contribution in [3.63, 3.8) is 0 Å². The largest absolute Gasteiger partial charge is 0.497 e. The quantitative estimate of drug-likeness (QED) is 0.862. The molecule has 1 aliphatic rings. The van der Waals surface area contributed by atoms with Crippen LogP contribution < -0.4 is 10.1 Å². The van der Waals surface area contributed by atoms with Gasteiger partial charge >= 0.3 is 0 Å². The molecule has 1 aromatic heterocycles. The maximum Gasteiger partial charge on any atom is 0.250 e. The van der Waals surface area contributed by atoms with E-state index in [1.54, 1.807) is 13.2 Å². The summed E-state index contributed by atoms with van der Waals surface area (Å²) in [4.78, 5) is 11.8. The average molecular weight is 301 g/mol. The number of carbonyl (C=O) groups is 1. The van der Waals surface area contributed by atoms with Crippen LogP contribution in [0.3, 0.4) is 0 Å². The lowest BCUT2D eigenvalue weighted by Crippen LogP contribution is -2.07. The van der Waals surface area contributed by atoms with Crippen molar-refractivity contribution in [2.24, 2.45) is 0 Å². The van der Waals surface area contributed by atoms with Crippen molar-refractivity contribution >= 4 is 28.5 Å². The highest BCUT2D eigenvalue weighted by molar-refractivity contribution is 7.15. The Morgan fingerprint density at radius 1 is 1.33 bits per heavy atom. The molecule has 1 saturated carbocycles. The predicted molar refractivity (Wildman–Crippen MR) is 82.5 cm³/mol. The van der Waals surface area contributed by atoms with Gasteiger partial charge in [-0.15, -0.1) is 10.2 Å². The molecule has 5 nitrogen and oxygen atoms in total. The van der Waals surface area contributed by atoms with Gasteiger partial charge in [0, 0.05) is 12.0 Å². The lowest BCUT2D eigenvalue weighted by molar-refractivity contribution is -0.111. The number of hydrogen-bond donors (Lipinski definition) is 1. The zero-order valence-corrected chi connectivity index (χ0v) is 12.4. The lowest BCUT2D eigenvalue weighted by atomic mass is 10.2. The second-order valence-electron chi connectivity index (χ2n) is 4.82. The van der Waals surface area contributed by atoms with Gasteiger partial charge in [-0.1, -0.05) is 23.5 Å². The highest BCUT2D eigenvalue weighted by atomic mass is 32.1. The second-order valence-corrected chi connectivity index (χ2v) is 5.82. The number of amides is 1. The van der Waals surface area contributed by atoms with Gasteiger partial charge in [0.2, 0.25) is 11.0 Å². The highest BCUT2D eigenvalue weighted by Gasteiger charge is 2.27. The monoisotopic (exact) mass is 301 g/mol. The smallest absolute Gasteiger partial charge is 0.250 e. The number of nitrogens with one attached hydrogen (secondary N) is 1. The maximum absolute atomic E-state index is 11.8. The van der Waals surface area contributed by atoms with E-state index >= 15 is 0 Å². The van der Waals surface area contributed by atoms with E-state index in [2.05, 4.69) is 15.5 Å². The standard InChI is InChI=1S/C15H15N3O2S/c1-20-12-7-2-10(3-8-12)4-9-13(19)16-15-18-17-14(21-15)11-5-6-11/h2-4,7-9,11H,5-6H2,1H3,(H,16,18,19)/b9-4+. The molecule has 1 aliphatic carbocycles. The van der Waals surface area contributed by atoms with Crippen molar-refractivity contribution in [2.75, 3.05) is 12.4 Å². The third kappa shape index (κ3) is 3.66. The maximum atomic E-state index is 11.8. The molecule has 0 bridgehead atoms. The Morgan fingerprint density at radius 2 is 2.10 bits per heavy atom. The van der Waals surface area contributed by atoms with E-state index in [9.17, 15) is 4.79 Å². The SMILES string of the molecule is COc1ccc(/C=C/C(=O)Nc2nnc(C3CC3)s2)cc1. The number of methoxy groups -OCH3 is 1. The first-order chi connectivity index (χ1) is 10.2. The summed E-state index contributed by atoms with van der Waals surface area (Å²) in [7, 11) is 1.62. The molecule has 108 valence electrons. The van der Waals surface area contributed by atoms with Gasteiger partial charge in [0.25, 0.3) is 0 Å². The summed E-state index contributed by atoms with van der Waals surface area (Å²) in [5.41, 5.74) is 0.932. The van der Waals surface area contributed by atoms with Gasteiger partial charge < -0.3 is 4.74 Å². The topological polar surface area (TPSA) is 64.1 Å². The van der Waals surface area contributed by atoms with Crippen LogP contribution in [0, 0.1) is 0 Å². The second kappa shape index (κ2) is 6.05. The molecule has 2 aromatic rings. The van der Waals surface area contributed by atoms with Gasteiger partial charge in [-0.2, -0.15) is 0 Å². The van der Waals surface area contributed by atoms with Crippen molar-refractivity contribution in [1.82, 2.24) is 10.2 Å².